The molecule has 0 saturated carbocycles. The highest BCUT2D eigenvalue weighted by Crippen LogP contribution is 2.54. The molecule has 188 valence electrons. The number of hydrogen-bond donors (Lipinski definition) is 1. The molecule has 0 aromatic heterocycles. The Kier molecular flexibility index (Phi) is 8.37. The monoisotopic (exact) mass is 520 g/mol. The van der Waals surface area contributed by atoms with Gasteiger partial charge in [0.2, 0.25) is 0 Å². The molecule has 19 heteroatoms. The molecule has 1 N–H and O–H groups in total. The average molecular weight is 520 g/mol. The number of carbonyl (C=O) groups is 2. The Hall–Kier alpha value is -2.18. The molecule has 0 aromatic carbocycles. The first-order valence-corrected chi connectivity index (χ1v) is 8.85. The molecule has 0 aromatic rings. The van der Waals surface area contributed by atoms with Crippen molar-refractivity contribution in [1.29, 1.82) is 0 Å². The van der Waals surface area contributed by atoms with Crippen molar-refractivity contribution in [2.75, 3.05) is 6.61 Å². The van der Waals surface area contributed by atoms with Crippen LogP contribution >= 0.6 is 0 Å². The molecule has 0 fully saturated rings. The normalized spacial score (nSPS) is 15.2. The van der Waals surface area contributed by atoms with Crippen molar-refractivity contribution in [2.24, 2.45) is 0 Å². The smallest absolute Gasteiger partial charge is 0.458 e. The number of rotatable bonds is 10. The molecule has 0 amide bonds. The lowest BCUT2D eigenvalue weighted by molar-refractivity contribution is -0.398. The fourth-order valence-corrected chi connectivity index (χ4v) is 1.83. The Morgan fingerprint density at radius 1 is 0.938 bits per heavy atom. The van der Waals surface area contributed by atoms with Crippen molar-refractivity contribution >= 4 is 22.1 Å². The van der Waals surface area contributed by atoms with Crippen molar-refractivity contribution in [3.05, 3.63) is 12.2 Å². The third kappa shape index (κ3) is 5.99. The summed E-state index contributed by atoms with van der Waals surface area (Å²) in [6, 6.07) is 0. The number of alkyl halides is 11. The van der Waals surface area contributed by atoms with E-state index in [-0.39, 0.29) is 0 Å². The fourth-order valence-electron chi connectivity index (χ4n) is 1.57. The minimum absolute atomic E-state index is 0.556. The first-order chi connectivity index (χ1) is 13.8. The third-order valence-corrected chi connectivity index (χ3v) is 4.09. The second-order valence-corrected chi connectivity index (χ2v) is 7.42. The van der Waals surface area contributed by atoms with E-state index in [9.17, 15) is 66.3 Å². The third-order valence-electron chi connectivity index (χ3n) is 3.28. The van der Waals surface area contributed by atoms with E-state index in [0.717, 1.165) is 6.92 Å². The summed E-state index contributed by atoms with van der Waals surface area (Å²) < 4.78 is 179. The van der Waals surface area contributed by atoms with Gasteiger partial charge >= 0.3 is 51.3 Å². The zero-order valence-electron chi connectivity index (χ0n) is 15.2. The first kappa shape index (κ1) is 29.8. The lowest BCUT2D eigenvalue weighted by Gasteiger charge is -2.35. The maximum Gasteiger partial charge on any atom is 0.465 e. The second kappa shape index (κ2) is 8.99. The highest BCUT2D eigenvalue weighted by atomic mass is 32.2. The maximum absolute atomic E-state index is 13.7. The Morgan fingerprint density at radius 3 is 1.72 bits per heavy atom. The minimum atomic E-state index is -7.38. The van der Waals surface area contributed by atoms with E-state index in [4.69, 9.17) is 4.55 Å². The molecule has 0 spiro atoms. The van der Waals surface area contributed by atoms with Crippen LogP contribution in [0.25, 0.3) is 0 Å². The summed E-state index contributed by atoms with van der Waals surface area (Å²) in [6.45, 7) is 1.89. The van der Waals surface area contributed by atoms with Gasteiger partial charge in [0.15, 0.2) is 0 Å². The van der Waals surface area contributed by atoms with E-state index in [1.807, 2.05) is 0 Å². The van der Waals surface area contributed by atoms with Crippen molar-refractivity contribution in [1.82, 2.24) is 0 Å². The summed E-state index contributed by atoms with van der Waals surface area (Å²) in [5.74, 6) is -26.1. The lowest BCUT2D eigenvalue weighted by atomic mass is 9.98. The van der Waals surface area contributed by atoms with Gasteiger partial charge in [-0.1, -0.05) is 6.58 Å². The molecule has 7 nitrogen and oxygen atoms in total. The van der Waals surface area contributed by atoms with Crippen LogP contribution in [0.2, 0.25) is 0 Å². The zero-order chi connectivity index (χ0) is 26.1. The van der Waals surface area contributed by atoms with Gasteiger partial charge in [0.05, 0.1) is 6.42 Å². The Balaban J connectivity index is 6.09. The molecule has 0 rings (SSSR count). The number of hydrogen-bond acceptors (Lipinski definition) is 6. The van der Waals surface area contributed by atoms with Gasteiger partial charge in [-0.15, -0.1) is 0 Å². The molecule has 0 radical (unpaired) electrons. The van der Waals surface area contributed by atoms with E-state index >= 15 is 0 Å². The summed E-state index contributed by atoms with van der Waals surface area (Å²) in [6.07, 6.45) is -13.7. The van der Waals surface area contributed by atoms with E-state index in [1.54, 1.807) is 0 Å². The number of halogens is 11. The number of carbonyl (C=O) groups excluding carboxylic acids is 2. The van der Waals surface area contributed by atoms with Crippen LogP contribution in [0.1, 0.15) is 13.3 Å². The standard InChI is InChI=1S/C13H11F11O7S/c1-5(2)7(25)30-4-6(31-8(26)10(16,17)32(27,28)29)3-9(14,15)11(18,19)12(20,21)13(22,23)24/h6H,1,3-4H2,2H3,(H,27,28,29). The molecule has 0 aliphatic rings. The molecular weight excluding hydrogens is 509 g/mol. The van der Waals surface area contributed by atoms with Gasteiger partial charge in [0.25, 0.3) is 0 Å². The van der Waals surface area contributed by atoms with Crippen LogP contribution in [0.3, 0.4) is 0 Å². The number of ether oxygens (including phenoxy) is 2. The molecule has 0 bridgehead atoms. The maximum atomic E-state index is 13.7. The van der Waals surface area contributed by atoms with Crippen molar-refractivity contribution in [3.8, 4) is 0 Å². The highest BCUT2D eigenvalue weighted by molar-refractivity contribution is 7.87. The predicted molar refractivity (Wildman–Crippen MR) is 77.7 cm³/mol. The molecule has 0 aliphatic carbocycles. The van der Waals surface area contributed by atoms with Gasteiger partial charge in [-0.3, -0.25) is 4.55 Å². The van der Waals surface area contributed by atoms with Crippen LogP contribution in [-0.2, 0) is 29.2 Å². The Morgan fingerprint density at radius 2 is 1.38 bits per heavy atom. The van der Waals surface area contributed by atoms with Gasteiger partial charge in [-0.2, -0.15) is 56.7 Å². The van der Waals surface area contributed by atoms with E-state index < -0.39 is 76.0 Å². The predicted octanol–water partition coefficient (Wildman–Crippen LogP) is 3.36. The summed E-state index contributed by atoms with van der Waals surface area (Å²) in [5, 5.41) is -5.92. The van der Waals surface area contributed by atoms with Gasteiger partial charge in [-0.05, 0) is 6.92 Å². The van der Waals surface area contributed by atoms with E-state index in [2.05, 4.69) is 16.1 Å². The molecule has 1 unspecified atom stereocenters. The van der Waals surface area contributed by atoms with Crippen LogP contribution in [0.15, 0.2) is 12.2 Å². The Labute approximate surface area is 170 Å². The molecule has 0 heterocycles. The first-order valence-electron chi connectivity index (χ1n) is 7.41. The molecule has 0 saturated heterocycles. The summed E-state index contributed by atoms with van der Waals surface area (Å²) in [4.78, 5) is 22.4. The van der Waals surface area contributed by atoms with Crippen LogP contribution in [-0.4, -0.2) is 66.8 Å². The largest absolute Gasteiger partial charge is 0.465 e. The van der Waals surface area contributed by atoms with E-state index in [0.29, 0.717) is 0 Å². The SMILES string of the molecule is C=C(C)C(=O)OCC(CC(F)(F)C(F)(F)C(F)(F)C(F)(F)F)OC(=O)C(F)(F)S(=O)(=O)O. The Bertz CT molecular complexity index is 849. The molecule has 32 heavy (non-hydrogen) atoms. The fraction of sp³-hybridized carbons (Fsp3) is 0.692. The van der Waals surface area contributed by atoms with Crippen molar-refractivity contribution in [2.45, 2.75) is 48.6 Å². The minimum Gasteiger partial charge on any atom is -0.458 e. The van der Waals surface area contributed by atoms with Gasteiger partial charge in [0, 0.05) is 5.57 Å². The topological polar surface area (TPSA) is 107 Å². The van der Waals surface area contributed by atoms with Crippen LogP contribution in [0, 0.1) is 0 Å². The zero-order valence-corrected chi connectivity index (χ0v) is 16.0. The summed E-state index contributed by atoms with van der Waals surface area (Å²) >= 11 is 0. The van der Waals surface area contributed by atoms with Gasteiger partial charge < -0.3 is 9.47 Å². The molecule has 1 atom stereocenters. The van der Waals surface area contributed by atoms with Gasteiger partial charge in [-0.25, -0.2) is 9.59 Å². The lowest BCUT2D eigenvalue weighted by Crippen LogP contribution is -2.61. The van der Waals surface area contributed by atoms with Crippen LogP contribution < -0.4 is 0 Å². The quantitative estimate of drug-likeness (QED) is 0.204. The summed E-state index contributed by atoms with van der Waals surface area (Å²) in [5.41, 5.74) is -0.556. The highest BCUT2D eigenvalue weighted by Gasteiger charge is 2.81. The van der Waals surface area contributed by atoms with Crippen LogP contribution in [0.4, 0.5) is 48.3 Å². The van der Waals surface area contributed by atoms with E-state index in [1.165, 1.54) is 0 Å². The van der Waals surface area contributed by atoms with Crippen LogP contribution in [0.5, 0.6) is 0 Å². The number of esters is 2. The van der Waals surface area contributed by atoms with Crippen molar-refractivity contribution < 1.29 is 80.3 Å². The second-order valence-electron chi connectivity index (χ2n) is 5.95. The summed E-state index contributed by atoms with van der Waals surface area (Å²) in [7, 11) is -6.64. The van der Waals surface area contributed by atoms with Crippen molar-refractivity contribution in [3.63, 3.8) is 0 Å². The molecule has 0 aliphatic heterocycles. The molecular formula is C13H11F11O7S. The average Bonchev–Trinajstić information content (AvgIpc) is 2.56. The van der Waals surface area contributed by atoms with Gasteiger partial charge in [0.1, 0.15) is 12.7 Å².